The van der Waals surface area contributed by atoms with Gasteiger partial charge in [0.25, 0.3) is 10.0 Å². The quantitative estimate of drug-likeness (QED) is 0.739. The summed E-state index contributed by atoms with van der Waals surface area (Å²) in [6.07, 6.45) is 5.93. The fraction of sp³-hybridized carbons (Fsp3) is 0.368. The average Bonchev–Trinajstić information content (AvgIpc) is 2.68. The standard InChI is InChI=1S/C19H24N2O5S2/c1-26-18-12-9-16(13-19(18)27(20,22)23)21-28(24,25)17-10-7-15(8-11-17)14-5-3-2-4-6-14/h7-14,21H,2-6H2,1H3,(H2,20,22,23). The zero-order valence-electron chi connectivity index (χ0n) is 15.6. The van der Waals surface area contributed by atoms with Crippen molar-refractivity contribution in [3.05, 3.63) is 48.0 Å². The van der Waals surface area contributed by atoms with Crippen LogP contribution in [0.4, 0.5) is 5.69 Å². The predicted molar refractivity (Wildman–Crippen MR) is 107 cm³/mol. The summed E-state index contributed by atoms with van der Waals surface area (Å²) in [5.74, 6) is 0.527. The topological polar surface area (TPSA) is 116 Å². The molecule has 3 rings (SSSR count). The second-order valence-electron chi connectivity index (χ2n) is 6.92. The van der Waals surface area contributed by atoms with Crippen LogP contribution in [0.15, 0.2) is 52.3 Å². The van der Waals surface area contributed by atoms with Crippen molar-refractivity contribution in [2.24, 2.45) is 5.14 Å². The molecule has 0 heterocycles. The van der Waals surface area contributed by atoms with Crippen LogP contribution in [-0.2, 0) is 20.0 Å². The van der Waals surface area contributed by atoms with Gasteiger partial charge in [-0.3, -0.25) is 4.72 Å². The molecule has 0 atom stereocenters. The minimum atomic E-state index is -4.07. The molecule has 1 aliphatic carbocycles. The minimum absolute atomic E-state index is 0.0438. The molecule has 0 unspecified atom stereocenters. The van der Waals surface area contributed by atoms with Gasteiger partial charge in [0, 0.05) is 0 Å². The van der Waals surface area contributed by atoms with Crippen molar-refractivity contribution in [2.45, 2.75) is 47.8 Å². The van der Waals surface area contributed by atoms with E-state index >= 15 is 0 Å². The Labute approximate surface area is 166 Å². The third-order valence-electron chi connectivity index (χ3n) is 4.99. The normalized spacial score (nSPS) is 15.9. The number of benzene rings is 2. The molecule has 1 aliphatic rings. The summed E-state index contributed by atoms with van der Waals surface area (Å²) < 4.78 is 56.2. The number of nitrogens with two attached hydrogens (primary N) is 1. The van der Waals surface area contributed by atoms with E-state index in [4.69, 9.17) is 9.88 Å². The average molecular weight is 425 g/mol. The SMILES string of the molecule is COc1ccc(NS(=O)(=O)c2ccc(C3CCCCC3)cc2)cc1S(N)(=O)=O. The van der Waals surface area contributed by atoms with Gasteiger partial charge in [0.1, 0.15) is 10.6 Å². The van der Waals surface area contributed by atoms with Crippen LogP contribution in [0.2, 0.25) is 0 Å². The van der Waals surface area contributed by atoms with Gasteiger partial charge in [-0.1, -0.05) is 31.4 Å². The summed E-state index contributed by atoms with van der Waals surface area (Å²) in [7, 11) is -6.63. The highest BCUT2D eigenvalue weighted by atomic mass is 32.2. The highest BCUT2D eigenvalue weighted by Gasteiger charge is 2.20. The summed E-state index contributed by atoms with van der Waals surface area (Å²) in [5, 5.41) is 5.18. The number of hydrogen-bond donors (Lipinski definition) is 2. The van der Waals surface area contributed by atoms with E-state index in [0.29, 0.717) is 5.92 Å². The van der Waals surface area contributed by atoms with Crippen LogP contribution < -0.4 is 14.6 Å². The van der Waals surface area contributed by atoms with Gasteiger partial charge in [0.15, 0.2) is 0 Å². The Morgan fingerprint density at radius 3 is 2.18 bits per heavy atom. The van der Waals surface area contributed by atoms with Gasteiger partial charge in [-0.25, -0.2) is 22.0 Å². The molecule has 0 aliphatic heterocycles. The van der Waals surface area contributed by atoms with E-state index in [1.165, 1.54) is 38.5 Å². The van der Waals surface area contributed by atoms with Crippen LogP contribution in [0.25, 0.3) is 0 Å². The van der Waals surface area contributed by atoms with E-state index in [-0.39, 0.29) is 21.2 Å². The second-order valence-corrected chi connectivity index (χ2v) is 10.1. The van der Waals surface area contributed by atoms with Crippen LogP contribution in [-0.4, -0.2) is 23.9 Å². The van der Waals surface area contributed by atoms with Crippen molar-refractivity contribution in [1.29, 1.82) is 0 Å². The minimum Gasteiger partial charge on any atom is -0.495 e. The second kappa shape index (κ2) is 8.10. The summed E-state index contributed by atoms with van der Waals surface area (Å²) >= 11 is 0. The molecular weight excluding hydrogens is 400 g/mol. The summed E-state index contributed by atoms with van der Waals surface area (Å²) in [5.41, 5.74) is 1.24. The first-order valence-electron chi connectivity index (χ1n) is 9.04. The molecule has 9 heteroatoms. The lowest BCUT2D eigenvalue weighted by molar-refractivity contribution is 0.403. The highest BCUT2D eigenvalue weighted by molar-refractivity contribution is 7.92. The van der Waals surface area contributed by atoms with E-state index in [2.05, 4.69) is 4.72 Å². The maximum Gasteiger partial charge on any atom is 0.261 e. The van der Waals surface area contributed by atoms with E-state index in [9.17, 15) is 16.8 Å². The van der Waals surface area contributed by atoms with Crippen molar-refractivity contribution in [3.8, 4) is 5.75 Å². The van der Waals surface area contributed by atoms with Crippen molar-refractivity contribution < 1.29 is 21.6 Å². The fourth-order valence-electron chi connectivity index (χ4n) is 3.53. The maximum absolute atomic E-state index is 12.7. The van der Waals surface area contributed by atoms with Crippen LogP contribution in [0.1, 0.15) is 43.6 Å². The van der Waals surface area contributed by atoms with Crippen LogP contribution in [0.5, 0.6) is 5.75 Å². The molecule has 3 N–H and O–H groups in total. The number of ether oxygens (including phenoxy) is 1. The van der Waals surface area contributed by atoms with E-state index in [0.717, 1.165) is 24.5 Å². The van der Waals surface area contributed by atoms with Crippen molar-refractivity contribution in [2.75, 3.05) is 11.8 Å². The van der Waals surface area contributed by atoms with Gasteiger partial charge < -0.3 is 4.74 Å². The van der Waals surface area contributed by atoms with E-state index in [1.54, 1.807) is 12.1 Å². The molecule has 1 saturated carbocycles. The van der Waals surface area contributed by atoms with Gasteiger partial charge in [0.2, 0.25) is 10.0 Å². The van der Waals surface area contributed by atoms with Crippen LogP contribution in [0, 0.1) is 0 Å². The number of primary sulfonamides is 1. The van der Waals surface area contributed by atoms with E-state index < -0.39 is 20.0 Å². The summed E-state index contributed by atoms with van der Waals surface area (Å²) in [6.45, 7) is 0. The third kappa shape index (κ3) is 4.65. The molecule has 152 valence electrons. The molecule has 0 aromatic heterocycles. The molecule has 7 nitrogen and oxygen atoms in total. The Morgan fingerprint density at radius 2 is 1.61 bits per heavy atom. The predicted octanol–water partition coefficient (Wildman–Crippen LogP) is 3.19. The number of methoxy groups -OCH3 is 1. The van der Waals surface area contributed by atoms with Crippen molar-refractivity contribution >= 4 is 25.7 Å². The molecule has 2 aromatic carbocycles. The lowest BCUT2D eigenvalue weighted by Gasteiger charge is -2.22. The Bertz CT molecular complexity index is 1040. The first kappa shape index (κ1) is 20.6. The Balaban J connectivity index is 1.84. The van der Waals surface area contributed by atoms with Gasteiger partial charge in [-0.2, -0.15) is 0 Å². The maximum atomic E-state index is 12.7. The Morgan fingerprint density at radius 1 is 0.964 bits per heavy atom. The van der Waals surface area contributed by atoms with Crippen LogP contribution in [0.3, 0.4) is 0 Å². The summed E-state index contributed by atoms with van der Waals surface area (Å²) in [4.78, 5) is -0.178. The molecule has 0 saturated heterocycles. The van der Waals surface area contributed by atoms with Crippen LogP contribution >= 0.6 is 0 Å². The third-order valence-corrected chi connectivity index (χ3v) is 7.32. The van der Waals surface area contributed by atoms with E-state index in [1.807, 2.05) is 12.1 Å². The van der Waals surface area contributed by atoms with Crippen molar-refractivity contribution in [3.63, 3.8) is 0 Å². The van der Waals surface area contributed by atoms with Crippen molar-refractivity contribution in [1.82, 2.24) is 0 Å². The molecule has 1 fully saturated rings. The summed E-state index contributed by atoms with van der Waals surface area (Å²) in [6, 6.07) is 10.8. The number of sulfonamides is 2. The molecule has 28 heavy (non-hydrogen) atoms. The molecule has 0 amide bonds. The Kier molecular flexibility index (Phi) is 5.97. The lowest BCUT2D eigenvalue weighted by atomic mass is 9.84. The van der Waals surface area contributed by atoms with Gasteiger partial charge in [0.05, 0.1) is 17.7 Å². The smallest absolute Gasteiger partial charge is 0.261 e. The highest BCUT2D eigenvalue weighted by Crippen LogP contribution is 2.33. The first-order chi connectivity index (χ1) is 13.2. The number of hydrogen-bond acceptors (Lipinski definition) is 5. The zero-order valence-corrected chi connectivity index (χ0v) is 17.2. The van der Waals surface area contributed by atoms with Gasteiger partial charge in [-0.05, 0) is 54.7 Å². The largest absolute Gasteiger partial charge is 0.495 e. The molecule has 2 aromatic rings. The lowest BCUT2D eigenvalue weighted by Crippen LogP contribution is -2.16. The fourth-order valence-corrected chi connectivity index (χ4v) is 5.30. The molecule has 0 bridgehead atoms. The monoisotopic (exact) mass is 424 g/mol. The molecule has 0 radical (unpaired) electrons. The Hall–Kier alpha value is -2.10. The molecular formula is C19H24N2O5S2. The van der Waals surface area contributed by atoms with Gasteiger partial charge in [-0.15, -0.1) is 0 Å². The first-order valence-corrected chi connectivity index (χ1v) is 12.1. The molecule has 0 spiro atoms. The van der Waals surface area contributed by atoms with Gasteiger partial charge >= 0.3 is 0 Å². The zero-order chi connectivity index (χ0) is 20.4. The number of anilines is 1. The number of nitrogens with one attached hydrogen (secondary N) is 1. The number of rotatable bonds is 6.